The number of amides is 1. The Balaban J connectivity index is 1.67. The standard InChI is InChI=1S/C16H21N3O2/c1-19-14-5-3-2-4-13(14)15(18-19)16(21)17-10-11-6-8-12(20)9-7-11/h2-5,11-12,20H,6-10H2,1H3,(H,17,21). The second kappa shape index (κ2) is 5.85. The van der Waals surface area contributed by atoms with Crippen molar-refractivity contribution in [3.63, 3.8) is 0 Å². The van der Waals surface area contributed by atoms with Crippen molar-refractivity contribution in [2.45, 2.75) is 31.8 Å². The van der Waals surface area contributed by atoms with E-state index in [2.05, 4.69) is 10.4 Å². The molecule has 1 heterocycles. The van der Waals surface area contributed by atoms with Gasteiger partial charge in [-0.2, -0.15) is 5.10 Å². The fourth-order valence-electron chi connectivity index (χ4n) is 3.05. The van der Waals surface area contributed by atoms with E-state index in [1.54, 1.807) is 4.68 Å². The van der Waals surface area contributed by atoms with Gasteiger partial charge in [0.1, 0.15) is 0 Å². The van der Waals surface area contributed by atoms with Crippen molar-refractivity contribution in [2.24, 2.45) is 13.0 Å². The van der Waals surface area contributed by atoms with Gasteiger partial charge < -0.3 is 10.4 Å². The molecule has 1 aromatic carbocycles. The fourth-order valence-corrected chi connectivity index (χ4v) is 3.05. The zero-order valence-corrected chi connectivity index (χ0v) is 12.2. The van der Waals surface area contributed by atoms with Gasteiger partial charge in [-0.3, -0.25) is 9.48 Å². The maximum atomic E-state index is 12.3. The van der Waals surface area contributed by atoms with Crippen LogP contribution in [0.5, 0.6) is 0 Å². The topological polar surface area (TPSA) is 67.2 Å². The molecule has 0 aliphatic heterocycles. The van der Waals surface area contributed by atoms with Gasteiger partial charge in [0.25, 0.3) is 5.91 Å². The van der Waals surface area contributed by atoms with Crippen LogP contribution in [-0.2, 0) is 7.05 Å². The van der Waals surface area contributed by atoms with Crippen molar-refractivity contribution in [1.29, 1.82) is 0 Å². The Morgan fingerprint density at radius 3 is 2.81 bits per heavy atom. The summed E-state index contributed by atoms with van der Waals surface area (Å²) in [5, 5.41) is 17.7. The lowest BCUT2D eigenvalue weighted by Gasteiger charge is -2.25. The van der Waals surface area contributed by atoms with Gasteiger partial charge in [-0.1, -0.05) is 18.2 Å². The number of hydrogen-bond acceptors (Lipinski definition) is 3. The number of benzene rings is 1. The van der Waals surface area contributed by atoms with Gasteiger partial charge in [0.05, 0.1) is 11.6 Å². The molecule has 1 amide bonds. The quantitative estimate of drug-likeness (QED) is 0.905. The Morgan fingerprint density at radius 1 is 1.33 bits per heavy atom. The lowest BCUT2D eigenvalue weighted by molar-refractivity contribution is 0.0906. The van der Waals surface area contributed by atoms with Crippen LogP contribution in [0.1, 0.15) is 36.2 Å². The first-order valence-electron chi connectivity index (χ1n) is 7.53. The van der Waals surface area contributed by atoms with Gasteiger partial charge in [-0.15, -0.1) is 0 Å². The molecule has 5 nitrogen and oxygen atoms in total. The number of hydrogen-bond donors (Lipinski definition) is 2. The number of nitrogens with one attached hydrogen (secondary N) is 1. The first-order valence-corrected chi connectivity index (χ1v) is 7.53. The number of para-hydroxylation sites is 1. The summed E-state index contributed by atoms with van der Waals surface area (Å²) in [6.45, 7) is 0.663. The molecule has 1 aromatic heterocycles. The molecule has 1 aliphatic carbocycles. The molecule has 0 unspecified atom stereocenters. The molecule has 5 heteroatoms. The number of carbonyl (C=O) groups is 1. The Labute approximate surface area is 124 Å². The number of fused-ring (bicyclic) bond motifs is 1. The molecule has 0 saturated heterocycles. The van der Waals surface area contributed by atoms with Gasteiger partial charge in [0.2, 0.25) is 0 Å². The van der Waals surface area contributed by atoms with E-state index in [4.69, 9.17) is 0 Å². The van der Waals surface area contributed by atoms with Crippen LogP contribution in [0.4, 0.5) is 0 Å². The second-order valence-corrected chi connectivity index (χ2v) is 5.87. The SMILES string of the molecule is Cn1nc(C(=O)NCC2CCC(O)CC2)c2ccccc21. The van der Waals surface area contributed by atoms with E-state index in [0.29, 0.717) is 18.2 Å². The molecular weight excluding hydrogens is 266 g/mol. The number of aryl methyl sites for hydroxylation is 1. The van der Waals surface area contributed by atoms with Gasteiger partial charge in [0, 0.05) is 19.0 Å². The highest BCUT2D eigenvalue weighted by Crippen LogP contribution is 2.23. The Bertz CT molecular complexity index is 642. The van der Waals surface area contributed by atoms with Crippen LogP contribution in [0.25, 0.3) is 10.9 Å². The molecule has 3 rings (SSSR count). The molecule has 112 valence electrons. The minimum atomic E-state index is -0.156. The predicted molar refractivity (Wildman–Crippen MR) is 81.0 cm³/mol. The van der Waals surface area contributed by atoms with Gasteiger partial charge in [-0.05, 0) is 37.7 Å². The van der Waals surface area contributed by atoms with E-state index in [1.807, 2.05) is 31.3 Å². The highest BCUT2D eigenvalue weighted by atomic mass is 16.3. The summed E-state index contributed by atoms with van der Waals surface area (Å²) in [7, 11) is 1.85. The summed E-state index contributed by atoms with van der Waals surface area (Å²) < 4.78 is 1.74. The molecule has 0 radical (unpaired) electrons. The third-order valence-electron chi connectivity index (χ3n) is 4.34. The third-order valence-corrected chi connectivity index (χ3v) is 4.34. The van der Waals surface area contributed by atoms with Crippen molar-refractivity contribution >= 4 is 16.8 Å². The van der Waals surface area contributed by atoms with Gasteiger partial charge in [-0.25, -0.2) is 0 Å². The first-order chi connectivity index (χ1) is 10.1. The number of nitrogens with zero attached hydrogens (tertiary/aromatic N) is 2. The van der Waals surface area contributed by atoms with E-state index >= 15 is 0 Å². The smallest absolute Gasteiger partial charge is 0.272 e. The average Bonchev–Trinajstić information content (AvgIpc) is 2.84. The summed E-state index contributed by atoms with van der Waals surface area (Å²) in [6, 6.07) is 7.75. The van der Waals surface area contributed by atoms with Crippen molar-refractivity contribution in [1.82, 2.24) is 15.1 Å². The van der Waals surface area contributed by atoms with Crippen molar-refractivity contribution in [3.05, 3.63) is 30.0 Å². The van der Waals surface area contributed by atoms with Gasteiger partial charge >= 0.3 is 0 Å². The van der Waals surface area contributed by atoms with E-state index in [9.17, 15) is 9.90 Å². The minimum absolute atomic E-state index is 0.113. The summed E-state index contributed by atoms with van der Waals surface area (Å²) in [6.07, 6.45) is 3.48. The van der Waals surface area contributed by atoms with E-state index < -0.39 is 0 Å². The Morgan fingerprint density at radius 2 is 2.05 bits per heavy atom. The van der Waals surface area contributed by atoms with Crippen molar-refractivity contribution < 1.29 is 9.90 Å². The number of aliphatic hydroxyl groups is 1. The normalized spacial score (nSPS) is 22.4. The molecule has 1 aliphatic rings. The summed E-state index contributed by atoms with van der Waals surface area (Å²) in [4.78, 5) is 12.3. The molecule has 0 spiro atoms. The third kappa shape index (κ3) is 2.93. The molecular formula is C16H21N3O2. The van der Waals surface area contributed by atoms with Crippen molar-refractivity contribution in [3.8, 4) is 0 Å². The average molecular weight is 287 g/mol. The van der Waals surface area contributed by atoms with Crippen LogP contribution < -0.4 is 5.32 Å². The number of aliphatic hydroxyl groups excluding tert-OH is 1. The first kappa shape index (κ1) is 14.1. The molecule has 2 aromatic rings. The maximum absolute atomic E-state index is 12.3. The lowest BCUT2D eigenvalue weighted by Crippen LogP contribution is -2.32. The zero-order chi connectivity index (χ0) is 14.8. The monoisotopic (exact) mass is 287 g/mol. The van der Waals surface area contributed by atoms with E-state index in [0.717, 1.165) is 36.6 Å². The number of rotatable bonds is 3. The lowest BCUT2D eigenvalue weighted by atomic mass is 9.87. The molecule has 21 heavy (non-hydrogen) atoms. The van der Waals surface area contributed by atoms with E-state index in [1.165, 1.54) is 0 Å². The highest BCUT2D eigenvalue weighted by molar-refractivity contribution is 6.04. The van der Waals surface area contributed by atoms with E-state index in [-0.39, 0.29) is 12.0 Å². The number of aromatic nitrogens is 2. The highest BCUT2D eigenvalue weighted by Gasteiger charge is 2.21. The van der Waals surface area contributed by atoms with Crippen LogP contribution in [-0.4, -0.2) is 33.4 Å². The maximum Gasteiger partial charge on any atom is 0.272 e. The van der Waals surface area contributed by atoms with Crippen LogP contribution in [0, 0.1) is 5.92 Å². The van der Waals surface area contributed by atoms with Crippen LogP contribution in [0.3, 0.4) is 0 Å². The van der Waals surface area contributed by atoms with Crippen LogP contribution in [0.2, 0.25) is 0 Å². The summed E-state index contributed by atoms with van der Waals surface area (Å²) in [5.41, 5.74) is 1.45. The predicted octanol–water partition coefficient (Wildman–Crippen LogP) is 1.85. The summed E-state index contributed by atoms with van der Waals surface area (Å²) >= 11 is 0. The van der Waals surface area contributed by atoms with Crippen LogP contribution >= 0.6 is 0 Å². The molecule has 1 fully saturated rings. The summed E-state index contributed by atoms with van der Waals surface area (Å²) in [5.74, 6) is 0.352. The fraction of sp³-hybridized carbons (Fsp3) is 0.500. The van der Waals surface area contributed by atoms with Crippen molar-refractivity contribution in [2.75, 3.05) is 6.54 Å². The second-order valence-electron chi connectivity index (χ2n) is 5.87. The minimum Gasteiger partial charge on any atom is -0.393 e. The zero-order valence-electron chi connectivity index (χ0n) is 12.2. The van der Waals surface area contributed by atoms with Crippen LogP contribution in [0.15, 0.2) is 24.3 Å². The molecule has 2 N–H and O–H groups in total. The molecule has 0 bridgehead atoms. The Hall–Kier alpha value is -1.88. The molecule has 1 saturated carbocycles. The van der Waals surface area contributed by atoms with Gasteiger partial charge in [0.15, 0.2) is 5.69 Å². The largest absolute Gasteiger partial charge is 0.393 e. The molecule has 0 atom stereocenters. The number of carbonyl (C=O) groups excluding carboxylic acids is 1. The Kier molecular flexibility index (Phi) is 3.92.